The van der Waals surface area contributed by atoms with Crippen molar-refractivity contribution in [2.75, 3.05) is 0 Å². The number of carboxylic acid groups (broad SMARTS) is 1. The minimum Gasteiger partial charge on any atom is -0.477 e. The monoisotopic (exact) mass is 392 g/mol. The molecule has 3 rings (SSSR count). The van der Waals surface area contributed by atoms with E-state index in [0.717, 1.165) is 62.9 Å². The molecule has 0 atom stereocenters. The highest BCUT2D eigenvalue weighted by atomic mass is 32.1. The van der Waals surface area contributed by atoms with Crippen LogP contribution in [0, 0.1) is 13.8 Å². The van der Waals surface area contributed by atoms with Gasteiger partial charge in [0, 0.05) is 10.4 Å². The first-order chi connectivity index (χ1) is 13.4. The first-order valence-corrected chi connectivity index (χ1v) is 10.3. The summed E-state index contributed by atoms with van der Waals surface area (Å²) >= 11 is 1.31. The van der Waals surface area contributed by atoms with E-state index in [1.807, 2.05) is 13.0 Å². The molecular formula is C24H24O3S. The largest absolute Gasteiger partial charge is 0.477 e. The van der Waals surface area contributed by atoms with E-state index in [-0.39, 0.29) is 0 Å². The van der Waals surface area contributed by atoms with Crippen molar-refractivity contribution in [3.8, 4) is 21.6 Å². The van der Waals surface area contributed by atoms with Crippen LogP contribution in [0.15, 0.2) is 36.4 Å². The van der Waals surface area contributed by atoms with Crippen molar-refractivity contribution in [2.24, 2.45) is 0 Å². The number of aldehydes is 1. The van der Waals surface area contributed by atoms with E-state index in [2.05, 4.69) is 45.0 Å². The fourth-order valence-electron chi connectivity index (χ4n) is 3.74. The quantitative estimate of drug-likeness (QED) is 0.498. The van der Waals surface area contributed by atoms with E-state index in [9.17, 15) is 14.7 Å². The zero-order chi connectivity index (χ0) is 20.4. The lowest BCUT2D eigenvalue weighted by molar-refractivity contribution is 0.0702. The molecule has 0 amide bonds. The maximum Gasteiger partial charge on any atom is 0.345 e. The van der Waals surface area contributed by atoms with Crippen LogP contribution in [0.3, 0.4) is 0 Å². The molecule has 2 aromatic carbocycles. The standard InChI is InChI=1S/C24H24O3S/c1-5-16-11-18(9-14(3)20(16)13-25)19-10-15(4)23(17(6-2)12-19)21-7-8-22(28-21)24(26)27/h7-13H,5-6H2,1-4H3,(H,26,27). The Kier molecular flexibility index (Phi) is 5.80. The van der Waals surface area contributed by atoms with Gasteiger partial charge in [-0.05, 0) is 77.8 Å². The number of benzene rings is 2. The predicted molar refractivity (Wildman–Crippen MR) is 116 cm³/mol. The lowest BCUT2D eigenvalue weighted by Gasteiger charge is -2.15. The van der Waals surface area contributed by atoms with Crippen molar-refractivity contribution in [1.82, 2.24) is 0 Å². The molecule has 0 aliphatic heterocycles. The first kappa shape index (κ1) is 20.0. The third kappa shape index (κ3) is 3.65. The minimum absolute atomic E-state index is 0.355. The summed E-state index contributed by atoms with van der Waals surface area (Å²) in [6.45, 7) is 8.24. The van der Waals surface area contributed by atoms with E-state index in [1.165, 1.54) is 16.9 Å². The Balaban J connectivity index is 2.15. The molecule has 0 spiro atoms. The van der Waals surface area contributed by atoms with Gasteiger partial charge in [-0.1, -0.05) is 38.1 Å². The topological polar surface area (TPSA) is 54.4 Å². The lowest BCUT2D eigenvalue weighted by atomic mass is 9.90. The fraction of sp³-hybridized carbons (Fsp3) is 0.250. The molecule has 1 N–H and O–H groups in total. The Morgan fingerprint density at radius 3 is 2.11 bits per heavy atom. The number of rotatable bonds is 6. The summed E-state index contributed by atoms with van der Waals surface area (Å²) < 4.78 is 0. The van der Waals surface area contributed by atoms with Gasteiger partial charge in [-0.3, -0.25) is 4.79 Å². The van der Waals surface area contributed by atoms with Crippen LogP contribution in [0.1, 0.15) is 56.1 Å². The maximum absolute atomic E-state index is 11.4. The number of hydrogen-bond donors (Lipinski definition) is 1. The molecule has 3 nitrogen and oxygen atoms in total. The number of carbonyl (C=O) groups is 2. The van der Waals surface area contributed by atoms with Crippen LogP contribution in [0.4, 0.5) is 0 Å². The summed E-state index contributed by atoms with van der Waals surface area (Å²) in [4.78, 5) is 24.0. The van der Waals surface area contributed by atoms with Crippen molar-refractivity contribution >= 4 is 23.6 Å². The van der Waals surface area contributed by atoms with Gasteiger partial charge >= 0.3 is 5.97 Å². The van der Waals surface area contributed by atoms with Gasteiger partial charge < -0.3 is 5.11 Å². The summed E-state index contributed by atoms with van der Waals surface area (Å²) in [7, 11) is 0. The molecule has 144 valence electrons. The van der Waals surface area contributed by atoms with E-state index < -0.39 is 5.97 Å². The Hall–Kier alpha value is -2.72. The third-order valence-corrected chi connectivity index (χ3v) is 6.26. The van der Waals surface area contributed by atoms with E-state index in [4.69, 9.17) is 0 Å². The van der Waals surface area contributed by atoms with Crippen LogP contribution in [-0.2, 0) is 12.8 Å². The van der Waals surface area contributed by atoms with Gasteiger partial charge in [0.05, 0.1) is 0 Å². The molecular weight excluding hydrogens is 368 g/mol. The molecule has 0 saturated carbocycles. The van der Waals surface area contributed by atoms with Crippen LogP contribution >= 0.6 is 11.3 Å². The molecule has 0 aliphatic rings. The second kappa shape index (κ2) is 8.11. The number of aryl methyl sites for hydroxylation is 4. The second-order valence-corrected chi connectivity index (χ2v) is 8.07. The Labute approximate surface area is 169 Å². The second-order valence-electron chi connectivity index (χ2n) is 6.99. The highest BCUT2D eigenvalue weighted by Gasteiger charge is 2.16. The van der Waals surface area contributed by atoms with Crippen LogP contribution in [-0.4, -0.2) is 17.4 Å². The van der Waals surface area contributed by atoms with Gasteiger partial charge in [0.25, 0.3) is 0 Å². The van der Waals surface area contributed by atoms with Crippen LogP contribution in [0.5, 0.6) is 0 Å². The third-order valence-electron chi connectivity index (χ3n) is 5.17. The zero-order valence-corrected chi connectivity index (χ0v) is 17.4. The molecule has 1 heterocycles. The van der Waals surface area contributed by atoms with Gasteiger partial charge in [0.15, 0.2) is 6.29 Å². The van der Waals surface area contributed by atoms with Crippen LogP contribution in [0.2, 0.25) is 0 Å². The lowest BCUT2D eigenvalue weighted by Crippen LogP contribution is -1.97. The summed E-state index contributed by atoms with van der Waals surface area (Å²) in [5, 5.41) is 9.24. The van der Waals surface area contributed by atoms with Crippen LogP contribution in [0.25, 0.3) is 21.6 Å². The Bertz CT molecular complexity index is 1060. The minimum atomic E-state index is -0.888. The summed E-state index contributed by atoms with van der Waals surface area (Å²) in [6, 6.07) is 12.1. The summed E-state index contributed by atoms with van der Waals surface area (Å²) in [5.74, 6) is -0.888. The molecule has 0 aliphatic carbocycles. The van der Waals surface area contributed by atoms with Gasteiger partial charge in [0.1, 0.15) is 4.88 Å². The number of aromatic carboxylic acids is 1. The summed E-state index contributed by atoms with van der Waals surface area (Å²) in [6.07, 6.45) is 2.62. The summed E-state index contributed by atoms with van der Waals surface area (Å²) in [5.41, 5.74) is 8.54. The number of carboxylic acids is 1. The van der Waals surface area contributed by atoms with Gasteiger partial charge in [-0.2, -0.15) is 0 Å². The Morgan fingerprint density at radius 2 is 1.57 bits per heavy atom. The van der Waals surface area contributed by atoms with Crippen molar-refractivity contribution in [3.63, 3.8) is 0 Å². The van der Waals surface area contributed by atoms with Crippen molar-refractivity contribution in [1.29, 1.82) is 0 Å². The molecule has 3 aromatic rings. The SMILES string of the molecule is CCc1cc(-c2cc(C)c(-c3ccc(C(=O)O)s3)c(CC)c2)cc(C)c1C=O. The zero-order valence-electron chi connectivity index (χ0n) is 16.6. The molecule has 28 heavy (non-hydrogen) atoms. The van der Waals surface area contributed by atoms with Crippen LogP contribution < -0.4 is 0 Å². The molecule has 0 unspecified atom stereocenters. The highest BCUT2D eigenvalue weighted by molar-refractivity contribution is 7.17. The van der Waals surface area contributed by atoms with Crippen molar-refractivity contribution in [2.45, 2.75) is 40.5 Å². The molecule has 0 bridgehead atoms. The van der Waals surface area contributed by atoms with E-state index in [0.29, 0.717) is 4.88 Å². The smallest absolute Gasteiger partial charge is 0.345 e. The molecule has 0 fully saturated rings. The van der Waals surface area contributed by atoms with Gasteiger partial charge in [0.2, 0.25) is 0 Å². The van der Waals surface area contributed by atoms with Gasteiger partial charge in [-0.25, -0.2) is 4.79 Å². The number of carbonyl (C=O) groups excluding carboxylic acids is 1. The van der Waals surface area contributed by atoms with Crippen molar-refractivity contribution < 1.29 is 14.7 Å². The average Bonchev–Trinajstić information content (AvgIpc) is 3.16. The fourth-order valence-corrected chi connectivity index (χ4v) is 4.74. The first-order valence-electron chi connectivity index (χ1n) is 9.45. The average molecular weight is 393 g/mol. The number of hydrogen-bond acceptors (Lipinski definition) is 3. The Morgan fingerprint density at radius 1 is 0.964 bits per heavy atom. The maximum atomic E-state index is 11.4. The number of thiophene rings is 1. The van der Waals surface area contributed by atoms with Gasteiger partial charge in [-0.15, -0.1) is 11.3 Å². The molecule has 4 heteroatoms. The van der Waals surface area contributed by atoms with Crippen molar-refractivity contribution in [3.05, 3.63) is 69.1 Å². The predicted octanol–water partition coefficient (Wildman–Crippen LogP) is 6.33. The molecule has 0 radical (unpaired) electrons. The molecule has 0 saturated heterocycles. The van der Waals surface area contributed by atoms with E-state index in [1.54, 1.807) is 6.07 Å². The highest BCUT2D eigenvalue weighted by Crippen LogP contribution is 2.37. The molecule has 1 aromatic heterocycles. The van der Waals surface area contributed by atoms with E-state index >= 15 is 0 Å². The normalized spacial score (nSPS) is 10.9.